The van der Waals surface area contributed by atoms with E-state index in [1.165, 1.54) is 5.56 Å². The van der Waals surface area contributed by atoms with Crippen LogP contribution in [0.5, 0.6) is 0 Å². The molecule has 0 saturated heterocycles. The Bertz CT molecular complexity index is 1020. The van der Waals surface area contributed by atoms with Crippen molar-refractivity contribution in [2.24, 2.45) is 0 Å². The first-order valence-corrected chi connectivity index (χ1v) is 8.80. The molecule has 0 fully saturated rings. The minimum absolute atomic E-state index is 0.735. The van der Waals surface area contributed by atoms with E-state index in [1.807, 2.05) is 35.9 Å². The number of fused-ring (bicyclic) bond motifs is 1. The van der Waals surface area contributed by atoms with Gasteiger partial charge < -0.3 is 5.32 Å². The highest BCUT2D eigenvalue weighted by atomic mass is 15.3. The lowest BCUT2D eigenvalue weighted by Gasteiger charge is -2.06. The van der Waals surface area contributed by atoms with E-state index in [4.69, 9.17) is 5.10 Å². The molecular weight excluding hydrogens is 322 g/mol. The van der Waals surface area contributed by atoms with Gasteiger partial charge in [0.1, 0.15) is 5.52 Å². The Morgan fingerprint density at radius 3 is 2.31 bits per heavy atom. The van der Waals surface area contributed by atoms with Crippen LogP contribution in [0.15, 0.2) is 60.7 Å². The van der Waals surface area contributed by atoms with Crippen molar-refractivity contribution < 1.29 is 0 Å². The first-order chi connectivity index (χ1) is 12.7. The standard InChI is InChI=1S/C21H21N5/c1-15-19-16(2)26(18-11-7-4-8-12-18)25-20(19)21(24-23-15)22-14-13-17-9-5-3-6-10-17/h3-12H,13-14H2,1-2H3,(H,22,24). The fourth-order valence-electron chi connectivity index (χ4n) is 3.23. The summed E-state index contributed by atoms with van der Waals surface area (Å²) in [6.07, 6.45) is 0.927. The summed E-state index contributed by atoms with van der Waals surface area (Å²) < 4.78 is 1.96. The van der Waals surface area contributed by atoms with E-state index in [9.17, 15) is 0 Å². The van der Waals surface area contributed by atoms with E-state index >= 15 is 0 Å². The molecule has 0 spiro atoms. The first-order valence-electron chi connectivity index (χ1n) is 8.80. The van der Waals surface area contributed by atoms with Crippen molar-refractivity contribution in [2.75, 3.05) is 11.9 Å². The molecule has 0 bridgehead atoms. The summed E-state index contributed by atoms with van der Waals surface area (Å²) in [6, 6.07) is 20.6. The fourth-order valence-corrected chi connectivity index (χ4v) is 3.23. The Labute approximate surface area is 152 Å². The molecule has 1 N–H and O–H groups in total. The summed E-state index contributed by atoms with van der Waals surface area (Å²) in [7, 11) is 0. The maximum Gasteiger partial charge on any atom is 0.177 e. The molecule has 0 aliphatic rings. The highest BCUT2D eigenvalue weighted by molar-refractivity contribution is 5.92. The van der Waals surface area contributed by atoms with Crippen LogP contribution < -0.4 is 5.32 Å². The Morgan fingerprint density at radius 2 is 1.58 bits per heavy atom. The van der Waals surface area contributed by atoms with Crippen LogP contribution in [0.2, 0.25) is 0 Å². The molecule has 5 heteroatoms. The summed E-state index contributed by atoms with van der Waals surface area (Å²) in [6.45, 7) is 4.84. The molecule has 2 aromatic heterocycles. The average Bonchev–Trinajstić information content (AvgIpc) is 3.04. The van der Waals surface area contributed by atoms with Crippen molar-refractivity contribution in [1.82, 2.24) is 20.0 Å². The third-order valence-electron chi connectivity index (χ3n) is 4.55. The maximum absolute atomic E-state index is 4.82. The highest BCUT2D eigenvalue weighted by Crippen LogP contribution is 2.27. The van der Waals surface area contributed by atoms with Crippen molar-refractivity contribution in [2.45, 2.75) is 20.3 Å². The molecule has 4 rings (SSSR count). The third kappa shape index (κ3) is 3.04. The van der Waals surface area contributed by atoms with Gasteiger partial charge in [-0.1, -0.05) is 48.5 Å². The third-order valence-corrected chi connectivity index (χ3v) is 4.55. The average molecular weight is 343 g/mol. The SMILES string of the molecule is Cc1nnc(NCCc2ccccc2)c2nn(-c3ccccc3)c(C)c12. The number of nitrogens with zero attached hydrogens (tertiary/aromatic N) is 4. The minimum atomic E-state index is 0.735. The Balaban J connectivity index is 1.66. The molecule has 26 heavy (non-hydrogen) atoms. The van der Waals surface area contributed by atoms with Crippen molar-refractivity contribution in [3.8, 4) is 5.69 Å². The largest absolute Gasteiger partial charge is 0.366 e. The van der Waals surface area contributed by atoms with E-state index in [-0.39, 0.29) is 0 Å². The van der Waals surface area contributed by atoms with Gasteiger partial charge in [0, 0.05) is 6.54 Å². The summed E-state index contributed by atoms with van der Waals surface area (Å²) in [4.78, 5) is 0. The van der Waals surface area contributed by atoms with Crippen LogP contribution in [0.1, 0.15) is 17.0 Å². The van der Waals surface area contributed by atoms with Gasteiger partial charge in [0.15, 0.2) is 5.82 Å². The molecule has 130 valence electrons. The zero-order valence-electron chi connectivity index (χ0n) is 15.0. The Morgan fingerprint density at radius 1 is 0.885 bits per heavy atom. The van der Waals surface area contributed by atoms with Gasteiger partial charge in [0.2, 0.25) is 0 Å². The summed E-state index contributed by atoms with van der Waals surface area (Å²) in [5.41, 5.74) is 5.17. The number of benzene rings is 2. The molecule has 0 saturated carbocycles. The molecule has 0 radical (unpaired) electrons. The monoisotopic (exact) mass is 343 g/mol. The van der Waals surface area contributed by atoms with Gasteiger partial charge >= 0.3 is 0 Å². The van der Waals surface area contributed by atoms with Crippen LogP contribution in [0.4, 0.5) is 5.82 Å². The minimum Gasteiger partial charge on any atom is -0.366 e. The van der Waals surface area contributed by atoms with Gasteiger partial charge in [0.25, 0.3) is 0 Å². The lowest BCUT2D eigenvalue weighted by molar-refractivity contribution is 0.859. The second-order valence-corrected chi connectivity index (χ2v) is 6.35. The van der Waals surface area contributed by atoms with E-state index in [0.717, 1.165) is 46.8 Å². The zero-order chi connectivity index (χ0) is 17.9. The molecule has 2 aromatic carbocycles. The quantitative estimate of drug-likeness (QED) is 0.593. The van der Waals surface area contributed by atoms with E-state index in [1.54, 1.807) is 0 Å². The van der Waals surface area contributed by atoms with Crippen molar-refractivity contribution in [3.63, 3.8) is 0 Å². The van der Waals surface area contributed by atoms with Crippen molar-refractivity contribution in [1.29, 1.82) is 0 Å². The number of hydrogen-bond donors (Lipinski definition) is 1. The van der Waals surface area contributed by atoms with Gasteiger partial charge in [-0.2, -0.15) is 10.2 Å². The predicted molar refractivity (Wildman–Crippen MR) is 105 cm³/mol. The molecule has 0 unspecified atom stereocenters. The van der Waals surface area contributed by atoms with Gasteiger partial charge in [0.05, 0.1) is 22.5 Å². The number of nitrogens with one attached hydrogen (secondary N) is 1. The van der Waals surface area contributed by atoms with Gasteiger partial charge in [-0.05, 0) is 38.0 Å². The van der Waals surface area contributed by atoms with E-state index in [0.29, 0.717) is 0 Å². The number of rotatable bonds is 5. The Hall–Kier alpha value is -3.21. The molecule has 0 aliphatic carbocycles. The molecular formula is C21H21N5. The number of hydrogen-bond acceptors (Lipinski definition) is 4. The van der Waals surface area contributed by atoms with Gasteiger partial charge in [-0.3, -0.25) is 0 Å². The van der Waals surface area contributed by atoms with Crippen LogP contribution in [0.3, 0.4) is 0 Å². The zero-order valence-corrected chi connectivity index (χ0v) is 15.0. The molecule has 4 aromatic rings. The molecule has 5 nitrogen and oxygen atoms in total. The molecule has 0 amide bonds. The topological polar surface area (TPSA) is 55.6 Å². The fraction of sp³-hybridized carbons (Fsp3) is 0.190. The Kier molecular flexibility index (Phi) is 4.35. The maximum atomic E-state index is 4.82. The lowest BCUT2D eigenvalue weighted by Crippen LogP contribution is -2.08. The van der Waals surface area contributed by atoms with Crippen LogP contribution in [-0.2, 0) is 6.42 Å². The van der Waals surface area contributed by atoms with E-state index < -0.39 is 0 Å². The number of aromatic nitrogens is 4. The second-order valence-electron chi connectivity index (χ2n) is 6.35. The van der Waals surface area contributed by atoms with Crippen LogP contribution in [0, 0.1) is 13.8 Å². The molecule has 2 heterocycles. The normalized spacial score (nSPS) is 11.0. The van der Waals surface area contributed by atoms with Crippen molar-refractivity contribution >= 4 is 16.7 Å². The first kappa shape index (κ1) is 16.3. The lowest BCUT2D eigenvalue weighted by atomic mass is 10.1. The second kappa shape index (κ2) is 6.96. The summed E-state index contributed by atoms with van der Waals surface area (Å²) >= 11 is 0. The van der Waals surface area contributed by atoms with Gasteiger partial charge in [-0.25, -0.2) is 4.68 Å². The summed E-state index contributed by atoms with van der Waals surface area (Å²) in [5, 5.41) is 18.0. The smallest absolute Gasteiger partial charge is 0.177 e. The van der Waals surface area contributed by atoms with Crippen LogP contribution >= 0.6 is 0 Å². The molecule has 0 atom stereocenters. The van der Waals surface area contributed by atoms with Gasteiger partial charge in [-0.15, -0.1) is 5.10 Å². The number of anilines is 1. The van der Waals surface area contributed by atoms with Crippen molar-refractivity contribution in [3.05, 3.63) is 77.6 Å². The highest BCUT2D eigenvalue weighted by Gasteiger charge is 2.16. The molecule has 0 aliphatic heterocycles. The van der Waals surface area contributed by atoms with E-state index in [2.05, 4.69) is 58.8 Å². The summed E-state index contributed by atoms with van der Waals surface area (Å²) in [5.74, 6) is 0.735. The van der Waals surface area contributed by atoms with Crippen LogP contribution in [0.25, 0.3) is 16.6 Å². The van der Waals surface area contributed by atoms with Crippen LogP contribution in [-0.4, -0.2) is 26.5 Å². The number of para-hydroxylation sites is 1. The number of aryl methyl sites for hydroxylation is 2. The predicted octanol–water partition coefficient (Wildman–Crippen LogP) is 4.09.